The molecule has 0 amide bonds. The third-order valence-corrected chi connectivity index (χ3v) is 14.8. The lowest BCUT2D eigenvalue weighted by Crippen LogP contribution is -2.46. The molecule has 4 heterocycles. The third-order valence-electron chi connectivity index (χ3n) is 14.0. The van der Waals surface area contributed by atoms with Crippen LogP contribution in [-0.4, -0.2) is 32.7 Å². The Hall–Kier alpha value is -6.64. The van der Waals surface area contributed by atoms with Gasteiger partial charge in [0.1, 0.15) is 15.9 Å². The molecular formula is C57H43BBrN3O2. The molecule has 1 saturated heterocycles. The van der Waals surface area contributed by atoms with Crippen LogP contribution in [0.2, 0.25) is 0 Å². The van der Waals surface area contributed by atoms with Gasteiger partial charge in [0.2, 0.25) is 0 Å². The molecule has 1 aliphatic heterocycles. The van der Waals surface area contributed by atoms with Gasteiger partial charge in [0.25, 0.3) is 0 Å². The van der Waals surface area contributed by atoms with Crippen LogP contribution in [0.5, 0.6) is 0 Å². The van der Waals surface area contributed by atoms with Gasteiger partial charge in [-0.2, -0.15) is 0 Å². The first-order valence-corrected chi connectivity index (χ1v) is 22.8. The number of nitrogens with zero attached hydrogens (tertiary/aromatic N) is 3. The number of hydrogen-bond acceptors (Lipinski definition) is 4. The number of fused-ring (bicyclic) bond motifs is 8. The van der Waals surface area contributed by atoms with Crippen molar-refractivity contribution < 1.29 is 9.31 Å². The van der Waals surface area contributed by atoms with Crippen LogP contribution in [0.15, 0.2) is 199 Å². The van der Waals surface area contributed by atoms with E-state index in [1.165, 1.54) is 38.8 Å². The zero-order valence-electron chi connectivity index (χ0n) is 35.8. The second-order valence-corrected chi connectivity index (χ2v) is 18.7. The molecule has 0 spiro atoms. The lowest BCUT2D eigenvalue weighted by Gasteiger charge is -2.36. The largest absolute Gasteiger partial charge is 0.494 e. The van der Waals surface area contributed by atoms with Crippen molar-refractivity contribution in [2.75, 3.05) is 0 Å². The molecule has 0 saturated carbocycles. The zero-order chi connectivity index (χ0) is 43.2. The Morgan fingerprint density at radius 1 is 0.578 bits per heavy atom. The molecule has 308 valence electrons. The number of halogens is 1. The standard InChI is InChI=1S/C57H43BBrN3O2/c1-55(2)56(3,36-37-17-16-18-39(35-37)53-54(59)62-34-15-14-27-49(62)61-53)64-58(63-55)42-30-28-38(29-31-42)52-45-32-33-47-51(50(45)44-24-11-13-26-48(44)60-52)43-23-10-12-25-46(43)57(47,40-19-6-4-7-20-40)41-21-8-5-9-22-41/h4-35H,36H2,1-3H3. The Morgan fingerprint density at radius 3 is 2.05 bits per heavy atom. The quantitative estimate of drug-likeness (QED) is 0.118. The van der Waals surface area contributed by atoms with Gasteiger partial charge in [0.05, 0.1) is 27.8 Å². The molecule has 2 aliphatic rings. The first-order chi connectivity index (χ1) is 31.2. The maximum atomic E-state index is 6.95. The molecule has 0 bridgehead atoms. The molecule has 10 aromatic rings. The van der Waals surface area contributed by atoms with Crippen LogP contribution in [0, 0.1) is 0 Å². The minimum atomic E-state index is -0.605. The van der Waals surface area contributed by atoms with E-state index in [0.29, 0.717) is 6.42 Å². The molecule has 1 atom stereocenters. The lowest BCUT2D eigenvalue weighted by atomic mass is 9.67. The number of aromatic nitrogens is 3. The highest BCUT2D eigenvalue weighted by Crippen LogP contribution is 2.58. The van der Waals surface area contributed by atoms with Crippen molar-refractivity contribution in [3.8, 4) is 33.6 Å². The predicted molar refractivity (Wildman–Crippen MR) is 264 cm³/mol. The number of benzene rings is 7. The number of rotatable bonds is 7. The van der Waals surface area contributed by atoms with Gasteiger partial charge in [-0.1, -0.05) is 164 Å². The molecule has 12 rings (SSSR count). The minimum Gasteiger partial charge on any atom is -0.399 e. The SMILES string of the molecule is CC1(C)OB(c2ccc(-c3nc4ccccc4c4c5c(ccc34)C(c3ccccc3)(c3ccccc3)c3ccccc3-5)cc2)OC1(C)Cc1cccc(-c2nc3ccccn3c2Br)c1. The van der Waals surface area contributed by atoms with E-state index in [1.54, 1.807) is 0 Å². The van der Waals surface area contributed by atoms with Crippen molar-refractivity contribution in [2.45, 2.75) is 43.8 Å². The van der Waals surface area contributed by atoms with Crippen LogP contribution >= 0.6 is 15.9 Å². The molecule has 1 aliphatic carbocycles. The van der Waals surface area contributed by atoms with E-state index in [1.807, 2.05) is 24.4 Å². The van der Waals surface area contributed by atoms with Crippen molar-refractivity contribution in [1.29, 1.82) is 0 Å². The molecular weight excluding hydrogens is 849 g/mol. The van der Waals surface area contributed by atoms with Crippen molar-refractivity contribution >= 4 is 55.8 Å². The first kappa shape index (κ1) is 39.0. The van der Waals surface area contributed by atoms with Crippen molar-refractivity contribution in [3.05, 3.63) is 227 Å². The Bertz CT molecular complexity index is 3400. The van der Waals surface area contributed by atoms with E-state index in [4.69, 9.17) is 19.3 Å². The smallest absolute Gasteiger partial charge is 0.399 e. The van der Waals surface area contributed by atoms with Crippen LogP contribution in [0.4, 0.5) is 0 Å². The van der Waals surface area contributed by atoms with Crippen LogP contribution in [0.1, 0.15) is 48.6 Å². The fourth-order valence-electron chi connectivity index (χ4n) is 10.5. The van der Waals surface area contributed by atoms with Crippen LogP contribution < -0.4 is 5.46 Å². The van der Waals surface area contributed by atoms with Gasteiger partial charge < -0.3 is 9.31 Å². The maximum absolute atomic E-state index is 6.95. The summed E-state index contributed by atoms with van der Waals surface area (Å²) in [6.07, 6.45) is 2.69. The monoisotopic (exact) mass is 891 g/mol. The van der Waals surface area contributed by atoms with Crippen molar-refractivity contribution in [3.63, 3.8) is 0 Å². The van der Waals surface area contributed by atoms with E-state index in [9.17, 15) is 0 Å². The van der Waals surface area contributed by atoms with Gasteiger partial charge >= 0.3 is 7.12 Å². The summed E-state index contributed by atoms with van der Waals surface area (Å²) in [6, 6.07) is 67.5. The van der Waals surface area contributed by atoms with Gasteiger partial charge in [0.15, 0.2) is 0 Å². The molecule has 5 nitrogen and oxygen atoms in total. The Labute approximate surface area is 381 Å². The summed E-state index contributed by atoms with van der Waals surface area (Å²) in [5, 5.41) is 3.49. The van der Waals surface area contributed by atoms with Crippen LogP contribution in [0.3, 0.4) is 0 Å². The van der Waals surface area contributed by atoms with Crippen molar-refractivity contribution in [2.24, 2.45) is 0 Å². The van der Waals surface area contributed by atoms with Crippen molar-refractivity contribution in [1.82, 2.24) is 14.4 Å². The Balaban J connectivity index is 0.925. The van der Waals surface area contributed by atoms with Gasteiger partial charge in [-0.25, -0.2) is 9.97 Å². The summed E-state index contributed by atoms with van der Waals surface area (Å²) in [4.78, 5) is 10.3. The summed E-state index contributed by atoms with van der Waals surface area (Å²) in [7, 11) is -0.532. The maximum Gasteiger partial charge on any atom is 0.494 e. The average Bonchev–Trinajstić information content (AvgIpc) is 3.92. The van der Waals surface area contributed by atoms with E-state index >= 15 is 0 Å². The highest BCUT2D eigenvalue weighted by atomic mass is 79.9. The van der Waals surface area contributed by atoms with Crippen LogP contribution in [0.25, 0.3) is 61.0 Å². The minimum absolute atomic E-state index is 0.493. The molecule has 3 aromatic heterocycles. The molecule has 64 heavy (non-hydrogen) atoms. The van der Waals surface area contributed by atoms with E-state index in [0.717, 1.165) is 60.1 Å². The van der Waals surface area contributed by atoms with E-state index in [-0.39, 0.29) is 0 Å². The summed E-state index contributed by atoms with van der Waals surface area (Å²) in [5.41, 5.74) is 13.9. The summed E-state index contributed by atoms with van der Waals surface area (Å²) >= 11 is 3.80. The number of pyridine rings is 2. The predicted octanol–water partition coefficient (Wildman–Crippen LogP) is 13.0. The topological polar surface area (TPSA) is 48.7 Å². The fourth-order valence-corrected chi connectivity index (χ4v) is 11.2. The highest BCUT2D eigenvalue weighted by Gasteiger charge is 2.54. The van der Waals surface area contributed by atoms with E-state index in [2.05, 4.69) is 211 Å². The van der Waals surface area contributed by atoms with Gasteiger partial charge in [-0.15, -0.1) is 0 Å². The van der Waals surface area contributed by atoms with Gasteiger partial charge in [0, 0.05) is 39.9 Å². The molecule has 7 aromatic carbocycles. The van der Waals surface area contributed by atoms with Gasteiger partial charge in [-0.3, -0.25) is 4.40 Å². The summed E-state index contributed by atoms with van der Waals surface area (Å²) in [5.74, 6) is 0. The van der Waals surface area contributed by atoms with Crippen LogP contribution in [-0.2, 0) is 21.1 Å². The number of imidazole rings is 1. The zero-order valence-corrected chi connectivity index (χ0v) is 37.4. The summed E-state index contributed by atoms with van der Waals surface area (Å²) in [6.45, 7) is 6.44. The molecule has 1 fully saturated rings. The lowest BCUT2D eigenvalue weighted by molar-refractivity contribution is -0.00876. The average molecular weight is 893 g/mol. The second-order valence-electron chi connectivity index (χ2n) is 17.9. The Kier molecular flexibility index (Phi) is 8.96. The molecule has 0 N–H and O–H groups in total. The first-order valence-electron chi connectivity index (χ1n) is 22.0. The molecule has 0 radical (unpaired) electrons. The number of hydrogen-bond donors (Lipinski definition) is 0. The molecule has 1 unspecified atom stereocenters. The Morgan fingerprint density at radius 2 is 1.28 bits per heavy atom. The summed E-state index contributed by atoms with van der Waals surface area (Å²) < 4.78 is 16.7. The normalized spacial score (nSPS) is 17.3. The fraction of sp³-hybridized carbons (Fsp3) is 0.123. The number of para-hydroxylation sites is 1. The highest BCUT2D eigenvalue weighted by molar-refractivity contribution is 9.10. The van der Waals surface area contributed by atoms with E-state index < -0.39 is 23.7 Å². The third kappa shape index (κ3) is 5.84. The van der Waals surface area contributed by atoms with Gasteiger partial charge in [-0.05, 0) is 105 Å². The molecule has 7 heteroatoms. The second kappa shape index (κ2) is 14.7.